The van der Waals surface area contributed by atoms with Gasteiger partial charge in [-0.05, 0) is 25.7 Å². The lowest BCUT2D eigenvalue weighted by atomic mass is 10.0. The van der Waals surface area contributed by atoms with Crippen molar-refractivity contribution in [2.24, 2.45) is 5.92 Å². The maximum Gasteiger partial charge on any atom is 0.326 e. The molecule has 0 aromatic rings. The number of hydrogen-bond acceptors (Lipinski definition) is 3. The van der Waals surface area contributed by atoms with Crippen LogP contribution in [0.4, 0.5) is 0 Å². The van der Waals surface area contributed by atoms with E-state index < -0.39 is 12.0 Å². The molecular formula is C12H23NO4. The first-order chi connectivity index (χ1) is 8.06. The van der Waals surface area contributed by atoms with Gasteiger partial charge in [0.15, 0.2) is 0 Å². The third-order valence-electron chi connectivity index (χ3n) is 2.81. The van der Waals surface area contributed by atoms with Gasteiger partial charge in [-0.2, -0.15) is 0 Å². The molecule has 0 aromatic carbocycles. The first kappa shape index (κ1) is 15.9. The van der Waals surface area contributed by atoms with E-state index in [9.17, 15) is 9.59 Å². The number of carboxylic acids is 1. The number of carboxylic acid groups (broad SMARTS) is 1. The van der Waals surface area contributed by atoms with Gasteiger partial charge >= 0.3 is 5.97 Å². The molecule has 0 rings (SSSR count). The Morgan fingerprint density at radius 2 is 1.88 bits per heavy atom. The second kappa shape index (κ2) is 8.98. The van der Waals surface area contributed by atoms with Gasteiger partial charge in [0.2, 0.25) is 5.91 Å². The average molecular weight is 245 g/mol. The second-order valence-corrected chi connectivity index (χ2v) is 4.05. The van der Waals surface area contributed by atoms with Gasteiger partial charge in [0.1, 0.15) is 6.04 Å². The van der Waals surface area contributed by atoms with Crippen LogP contribution in [0.25, 0.3) is 0 Å². The van der Waals surface area contributed by atoms with Crippen LogP contribution in [-0.4, -0.2) is 36.7 Å². The summed E-state index contributed by atoms with van der Waals surface area (Å²) in [5.41, 5.74) is 0. The summed E-state index contributed by atoms with van der Waals surface area (Å²) in [5.74, 6) is -1.25. The monoisotopic (exact) mass is 245 g/mol. The molecule has 0 aliphatic heterocycles. The molecule has 0 heterocycles. The van der Waals surface area contributed by atoms with Crippen LogP contribution in [0, 0.1) is 5.92 Å². The highest BCUT2D eigenvalue weighted by atomic mass is 16.5. The molecule has 0 aromatic heterocycles. The Labute approximate surface area is 103 Å². The molecule has 0 fully saturated rings. The molecule has 17 heavy (non-hydrogen) atoms. The first-order valence-electron chi connectivity index (χ1n) is 6.08. The summed E-state index contributed by atoms with van der Waals surface area (Å²) in [6.07, 6.45) is 2.48. The van der Waals surface area contributed by atoms with Crippen LogP contribution in [0.2, 0.25) is 0 Å². The van der Waals surface area contributed by atoms with Crippen LogP contribution in [0.1, 0.15) is 39.5 Å². The molecule has 5 heteroatoms. The zero-order valence-corrected chi connectivity index (χ0v) is 10.9. The van der Waals surface area contributed by atoms with Gasteiger partial charge in [0.25, 0.3) is 0 Å². The molecule has 0 saturated carbocycles. The quantitative estimate of drug-likeness (QED) is 0.602. The minimum atomic E-state index is -0.986. The predicted octanol–water partition coefficient (Wildman–Crippen LogP) is 1.42. The van der Waals surface area contributed by atoms with Crippen LogP contribution in [-0.2, 0) is 14.3 Å². The van der Waals surface area contributed by atoms with Gasteiger partial charge in [0.05, 0.1) is 0 Å². The van der Waals surface area contributed by atoms with E-state index in [4.69, 9.17) is 9.84 Å². The minimum absolute atomic E-state index is 0.0979. The van der Waals surface area contributed by atoms with Gasteiger partial charge in [0, 0.05) is 19.6 Å². The Hall–Kier alpha value is -1.10. The van der Waals surface area contributed by atoms with Crippen LogP contribution < -0.4 is 5.32 Å². The number of methoxy groups -OCH3 is 1. The normalized spacial score (nSPS) is 12.5. The number of hydrogen-bond donors (Lipinski definition) is 2. The van der Waals surface area contributed by atoms with Crippen molar-refractivity contribution < 1.29 is 19.4 Å². The molecule has 1 amide bonds. The second-order valence-electron chi connectivity index (χ2n) is 4.05. The number of aliphatic carboxylic acids is 1. The van der Waals surface area contributed by atoms with Crippen molar-refractivity contribution in [2.75, 3.05) is 13.7 Å². The van der Waals surface area contributed by atoms with E-state index in [-0.39, 0.29) is 11.8 Å². The Morgan fingerprint density at radius 3 is 2.29 bits per heavy atom. The lowest BCUT2D eigenvalue weighted by Crippen LogP contribution is -2.43. The van der Waals surface area contributed by atoms with E-state index in [1.54, 1.807) is 7.11 Å². The van der Waals surface area contributed by atoms with Crippen LogP contribution >= 0.6 is 0 Å². The molecule has 1 atom stereocenters. The largest absolute Gasteiger partial charge is 0.480 e. The molecule has 5 nitrogen and oxygen atoms in total. The zero-order valence-electron chi connectivity index (χ0n) is 10.9. The third-order valence-corrected chi connectivity index (χ3v) is 2.81. The molecule has 100 valence electrons. The van der Waals surface area contributed by atoms with Crippen LogP contribution in [0.3, 0.4) is 0 Å². The number of rotatable bonds is 9. The summed E-state index contributed by atoms with van der Waals surface area (Å²) >= 11 is 0. The van der Waals surface area contributed by atoms with E-state index in [0.717, 1.165) is 12.8 Å². The van der Waals surface area contributed by atoms with Gasteiger partial charge in [-0.1, -0.05) is 13.8 Å². The fourth-order valence-corrected chi connectivity index (χ4v) is 1.64. The number of nitrogens with one attached hydrogen (secondary N) is 1. The van der Waals surface area contributed by atoms with Crippen molar-refractivity contribution in [3.63, 3.8) is 0 Å². The highest BCUT2D eigenvalue weighted by Gasteiger charge is 2.22. The highest BCUT2D eigenvalue weighted by molar-refractivity contribution is 5.84. The van der Waals surface area contributed by atoms with Crippen LogP contribution in [0.15, 0.2) is 0 Å². The van der Waals surface area contributed by atoms with Crippen molar-refractivity contribution in [2.45, 2.75) is 45.6 Å². The average Bonchev–Trinajstić information content (AvgIpc) is 2.29. The molecule has 1 unspecified atom stereocenters. The van der Waals surface area contributed by atoms with E-state index in [1.165, 1.54) is 0 Å². The van der Waals surface area contributed by atoms with Crippen LogP contribution in [0.5, 0.6) is 0 Å². The van der Waals surface area contributed by atoms with Gasteiger partial charge in [-0.3, -0.25) is 4.79 Å². The smallest absolute Gasteiger partial charge is 0.326 e. The summed E-state index contributed by atoms with van der Waals surface area (Å²) in [5, 5.41) is 11.6. The van der Waals surface area contributed by atoms with E-state index >= 15 is 0 Å². The first-order valence-corrected chi connectivity index (χ1v) is 6.08. The molecule has 0 spiro atoms. The summed E-state index contributed by atoms with van der Waals surface area (Å²) < 4.78 is 4.86. The maximum atomic E-state index is 11.7. The zero-order chi connectivity index (χ0) is 13.3. The fraction of sp³-hybridized carbons (Fsp3) is 0.833. The molecular weight excluding hydrogens is 222 g/mol. The Morgan fingerprint density at radius 1 is 1.29 bits per heavy atom. The van der Waals surface area contributed by atoms with Crippen molar-refractivity contribution in [1.82, 2.24) is 5.32 Å². The number of amides is 1. The Bertz CT molecular complexity index is 239. The SMILES string of the molecule is CCC(CC)C(=O)NC(CCCOC)C(=O)O. The number of carbonyl (C=O) groups is 2. The third kappa shape index (κ3) is 6.26. The van der Waals surface area contributed by atoms with E-state index in [1.807, 2.05) is 13.8 Å². The van der Waals surface area contributed by atoms with Gasteiger partial charge in [-0.15, -0.1) is 0 Å². The lowest BCUT2D eigenvalue weighted by Gasteiger charge is -2.18. The topological polar surface area (TPSA) is 75.6 Å². The predicted molar refractivity (Wildman–Crippen MR) is 64.7 cm³/mol. The highest BCUT2D eigenvalue weighted by Crippen LogP contribution is 2.08. The van der Waals surface area contributed by atoms with Crippen molar-refractivity contribution in [3.8, 4) is 0 Å². The van der Waals surface area contributed by atoms with Gasteiger partial charge < -0.3 is 15.2 Å². The standard InChI is InChI=1S/C12H23NO4/c1-4-9(5-2)11(14)13-10(12(15)16)7-6-8-17-3/h9-10H,4-8H2,1-3H3,(H,13,14)(H,15,16). The van der Waals surface area contributed by atoms with Gasteiger partial charge in [-0.25, -0.2) is 4.79 Å². The van der Waals surface area contributed by atoms with E-state index in [0.29, 0.717) is 19.4 Å². The maximum absolute atomic E-state index is 11.7. The van der Waals surface area contributed by atoms with E-state index in [2.05, 4.69) is 5.32 Å². The molecule has 0 saturated heterocycles. The van der Waals surface area contributed by atoms with Crippen molar-refractivity contribution >= 4 is 11.9 Å². The number of ether oxygens (including phenoxy) is 1. The summed E-state index contributed by atoms with van der Waals surface area (Å²) in [7, 11) is 1.57. The molecule has 0 radical (unpaired) electrons. The summed E-state index contributed by atoms with van der Waals surface area (Å²) in [6, 6.07) is -0.807. The summed E-state index contributed by atoms with van der Waals surface area (Å²) in [4.78, 5) is 22.7. The minimum Gasteiger partial charge on any atom is -0.480 e. The molecule has 0 aliphatic carbocycles. The molecule has 2 N–H and O–H groups in total. The molecule has 0 aliphatic rings. The lowest BCUT2D eigenvalue weighted by molar-refractivity contribution is -0.142. The summed E-state index contributed by atoms with van der Waals surface area (Å²) in [6.45, 7) is 4.35. The number of carbonyl (C=O) groups excluding carboxylic acids is 1. The van der Waals surface area contributed by atoms with Crippen molar-refractivity contribution in [1.29, 1.82) is 0 Å². The van der Waals surface area contributed by atoms with Crippen molar-refractivity contribution in [3.05, 3.63) is 0 Å². The Balaban J connectivity index is 4.23. The fourth-order valence-electron chi connectivity index (χ4n) is 1.64. The molecule has 0 bridgehead atoms. The Kier molecular flexibility index (Phi) is 8.40.